The number of hydrogen-bond acceptors (Lipinski definition) is 4. The lowest BCUT2D eigenvalue weighted by Gasteiger charge is -2.32. The predicted molar refractivity (Wildman–Crippen MR) is 111 cm³/mol. The molecule has 1 saturated heterocycles. The molecule has 0 radical (unpaired) electrons. The maximum Gasteiger partial charge on any atom is 0.255 e. The molecule has 27 heavy (non-hydrogen) atoms. The van der Waals surface area contributed by atoms with Gasteiger partial charge >= 0.3 is 0 Å². The van der Waals surface area contributed by atoms with E-state index in [-0.39, 0.29) is 5.91 Å². The summed E-state index contributed by atoms with van der Waals surface area (Å²) in [6.07, 6.45) is 0. The van der Waals surface area contributed by atoms with Gasteiger partial charge in [-0.2, -0.15) is 0 Å². The predicted octanol–water partition coefficient (Wildman–Crippen LogP) is 2.80. The summed E-state index contributed by atoms with van der Waals surface area (Å²) in [7, 11) is 2.17. The molecule has 1 aliphatic heterocycles. The maximum atomic E-state index is 12.6. The molecule has 0 bridgehead atoms. The van der Waals surface area contributed by atoms with Crippen molar-refractivity contribution in [2.75, 3.05) is 45.1 Å². The van der Waals surface area contributed by atoms with Gasteiger partial charge in [0.2, 0.25) is 0 Å². The smallest absolute Gasteiger partial charge is 0.255 e. The molecule has 0 aromatic heterocycles. The van der Waals surface area contributed by atoms with E-state index in [1.807, 2.05) is 36.4 Å². The van der Waals surface area contributed by atoms with Crippen LogP contribution in [0.2, 0.25) is 0 Å². The summed E-state index contributed by atoms with van der Waals surface area (Å²) in [4.78, 5) is 17.5. The third-order valence-electron chi connectivity index (χ3n) is 5.05. The summed E-state index contributed by atoms with van der Waals surface area (Å²) < 4.78 is 0. The minimum Gasteiger partial charge on any atom is -0.322 e. The molecule has 2 N–H and O–H groups in total. The molecule has 144 valence electrons. The number of hydrogen-bond donors (Lipinski definition) is 2. The molecule has 1 aliphatic rings. The fraction of sp³-hybridized carbons (Fsp3) is 0.409. The van der Waals surface area contributed by atoms with Crippen LogP contribution >= 0.6 is 0 Å². The number of nitrogens with zero attached hydrogens (tertiary/aromatic N) is 2. The first-order chi connectivity index (χ1) is 13.2. The first kappa shape index (κ1) is 19.5. The molecule has 0 unspecified atom stereocenters. The van der Waals surface area contributed by atoms with Crippen molar-refractivity contribution in [1.82, 2.24) is 15.1 Å². The average molecular weight is 367 g/mol. The van der Waals surface area contributed by atoms with Gasteiger partial charge in [0.1, 0.15) is 0 Å². The van der Waals surface area contributed by atoms with Gasteiger partial charge < -0.3 is 15.5 Å². The van der Waals surface area contributed by atoms with E-state index in [4.69, 9.17) is 0 Å². The number of piperazine rings is 1. The molecule has 0 spiro atoms. The highest BCUT2D eigenvalue weighted by Crippen LogP contribution is 2.17. The lowest BCUT2D eigenvalue weighted by Crippen LogP contribution is -2.43. The Labute approximate surface area is 162 Å². The van der Waals surface area contributed by atoms with E-state index < -0.39 is 0 Å². The molecule has 1 heterocycles. The SMILES string of the molecule is CCNCc1ccccc1NC(=O)c1ccc(CN2CCN(C)CC2)cc1. The fourth-order valence-electron chi connectivity index (χ4n) is 3.28. The molecule has 1 fully saturated rings. The number of anilines is 1. The number of benzene rings is 2. The molecular weight excluding hydrogens is 336 g/mol. The third kappa shape index (κ3) is 5.63. The van der Waals surface area contributed by atoms with Gasteiger partial charge in [-0.3, -0.25) is 9.69 Å². The van der Waals surface area contributed by atoms with Crippen molar-refractivity contribution < 1.29 is 4.79 Å². The summed E-state index contributed by atoms with van der Waals surface area (Å²) >= 11 is 0. The van der Waals surface area contributed by atoms with Crippen LogP contribution in [0.4, 0.5) is 5.69 Å². The molecule has 3 rings (SSSR count). The van der Waals surface area contributed by atoms with E-state index >= 15 is 0 Å². The van der Waals surface area contributed by atoms with Crippen molar-refractivity contribution >= 4 is 11.6 Å². The average Bonchev–Trinajstić information content (AvgIpc) is 2.69. The van der Waals surface area contributed by atoms with Crippen LogP contribution in [0.25, 0.3) is 0 Å². The highest BCUT2D eigenvalue weighted by molar-refractivity contribution is 6.04. The maximum absolute atomic E-state index is 12.6. The number of carbonyl (C=O) groups is 1. The van der Waals surface area contributed by atoms with Crippen molar-refractivity contribution in [2.45, 2.75) is 20.0 Å². The summed E-state index contributed by atoms with van der Waals surface area (Å²) in [5.41, 5.74) is 3.91. The molecule has 1 amide bonds. The highest BCUT2D eigenvalue weighted by atomic mass is 16.1. The lowest BCUT2D eigenvalue weighted by atomic mass is 10.1. The van der Waals surface area contributed by atoms with Crippen LogP contribution in [0.1, 0.15) is 28.4 Å². The largest absolute Gasteiger partial charge is 0.322 e. The van der Waals surface area contributed by atoms with E-state index in [1.165, 1.54) is 5.56 Å². The lowest BCUT2D eigenvalue weighted by molar-refractivity contribution is 0.102. The van der Waals surface area contributed by atoms with Crippen molar-refractivity contribution in [1.29, 1.82) is 0 Å². The number of nitrogens with one attached hydrogen (secondary N) is 2. The summed E-state index contributed by atoms with van der Waals surface area (Å²) in [5, 5.41) is 6.35. The first-order valence-electron chi connectivity index (χ1n) is 9.75. The van der Waals surface area contributed by atoms with Gasteiger partial charge in [0.15, 0.2) is 0 Å². The normalized spacial score (nSPS) is 15.6. The van der Waals surface area contributed by atoms with Crippen molar-refractivity contribution in [2.24, 2.45) is 0 Å². The Hall–Kier alpha value is -2.21. The van der Waals surface area contributed by atoms with E-state index in [1.54, 1.807) is 0 Å². The van der Waals surface area contributed by atoms with Gasteiger partial charge in [0, 0.05) is 50.5 Å². The van der Waals surface area contributed by atoms with Gasteiger partial charge in [-0.15, -0.1) is 0 Å². The standard InChI is InChI=1S/C22H30N4O/c1-3-23-16-20-6-4-5-7-21(20)24-22(27)19-10-8-18(9-11-19)17-26-14-12-25(2)13-15-26/h4-11,23H,3,12-17H2,1-2H3,(H,24,27). The summed E-state index contributed by atoms with van der Waals surface area (Å²) in [6.45, 7) is 9.10. The fourth-order valence-corrected chi connectivity index (χ4v) is 3.28. The van der Waals surface area contributed by atoms with Gasteiger partial charge in [0.25, 0.3) is 5.91 Å². The molecule has 2 aromatic carbocycles. The van der Waals surface area contributed by atoms with Gasteiger partial charge in [-0.1, -0.05) is 37.3 Å². The van der Waals surface area contributed by atoms with Crippen LogP contribution in [0.3, 0.4) is 0 Å². The minimum atomic E-state index is -0.0647. The zero-order valence-electron chi connectivity index (χ0n) is 16.4. The number of rotatable bonds is 7. The van der Waals surface area contributed by atoms with Gasteiger partial charge in [0.05, 0.1) is 0 Å². The molecular formula is C22H30N4O. The Bertz CT molecular complexity index is 736. The third-order valence-corrected chi connectivity index (χ3v) is 5.05. The number of amides is 1. The van der Waals surface area contributed by atoms with Crippen LogP contribution in [-0.2, 0) is 13.1 Å². The molecule has 0 atom stereocenters. The first-order valence-corrected chi connectivity index (χ1v) is 9.75. The summed E-state index contributed by atoms with van der Waals surface area (Å²) in [6, 6.07) is 15.9. The van der Waals surface area contributed by atoms with Crippen LogP contribution in [0.5, 0.6) is 0 Å². The zero-order chi connectivity index (χ0) is 19.1. The van der Waals surface area contributed by atoms with E-state index in [0.717, 1.165) is 57.1 Å². The Morgan fingerprint density at radius 3 is 2.41 bits per heavy atom. The second-order valence-electron chi connectivity index (χ2n) is 7.17. The van der Waals surface area contributed by atoms with Crippen LogP contribution in [0, 0.1) is 0 Å². The molecule has 2 aromatic rings. The zero-order valence-corrected chi connectivity index (χ0v) is 16.4. The number of likely N-dealkylation sites (N-methyl/N-ethyl adjacent to an activating group) is 1. The number of para-hydroxylation sites is 1. The molecule has 0 aliphatic carbocycles. The summed E-state index contributed by atoms with van der Waals surface area (Å²) in [5.74, 6) is -0.0647. The van der Waals surface area contributed by atoms with Crippen LogP contribution in [-0.4, -0.2) is 55.5 Å². The Morgan fingerprint density at radius 2 is 1.70 bits per heavy atom. The van der Waals surface area contributed by atoms with Crippen molar-refractivity contribution in [3.05, 3.63) is 65.2 Å². The topological polar surface area (TPSA) is 47.6 Å². The van der Waals surface area contributed by atoms with Crippen LogP contribution in [0.15, 0.2) is 48.5 Å². The minimum absolute atomic E-state index is 0.0647. The number of carbonyl (C=O) groups excluding carboxylic acids is 1. The highest BCUT2D eigenvalue weighted by Gasteiger charge is 2.14. The van der Waals surface area contributed by atoms with Gasteiger partial charge in [-0.25, -0.2) is 0 Å². The Morgan fingerprint density at radius 1 is 1.00 bits per heavy atom. The molecule has 0 saturated carbocycles. The van der Waals surface area contributed by atoms with E-state index in [9.17, 15) is 4.79 Å². The van der Waals surface area contributed by atoms with E-state index in [0.29, 0.717) is 5.56 Å². The monoisotopic (exact) mass is 366 g/mol. The second kappa shape index (κ2) is 9.65. The van der Waals surface area contributed by atoms with Crippen molar-refractivity contribution in [3.8, 4) is 0 Å². The molecule has 5 nitrogen and oxygen atoms in total. The molecule has 5 heteroatoms. The van der Waals surface area contributed by atoms with Crippen LogP contribution < -0.4 is 10.6 Å². The Balaban J connectivity index is 1.59. The van der Waals surface area contributed by atoms with Crippen molar-refractivity contribution in [3.63, 3.8) is 0 Å². The van der Waals surface area contributed by atoms with E-state index in [2.05, 4.69) is 46.5 Å². The second-order valence-corrected chi connectivity index (χ2v) is 7.17. The van der Waals surface area contributed by atoms with Gasteiger partial charge in [-0.05, 0) is 42.9 Å². The quantitative estimate of drug-likeness (QED) is 0.791. The Kier molecular flexibility index (Phi) is 6.98.